The van der Waals surface area contributed by atoms with E-state index in [1.54, 1.807) is 48.5 Å². The SMILES string of the molecule is O=C(NC(=S)Nc1cccc2cc(O)ccc12)c1ccc(-c2ccccc2[N+](=O)[O-])o1. The van der Waals surface area contributed by atoms with Gasteiger partial charge in [0.1, 0.15) is 11.5 Å². The average Bonchev–Trinajstić information content (AvgIpc) is 3.24. The number of para-hydroxylation sites is 1. The molecule has 0 fully saturated rings. The van der Waals surface area contributed by atoms with Crippen LogP contribution in [0.5, 0.6) is 5.75 Å². The normalized spacial score (nSPS) is 10.6. The number of hydrogen-bond donors (Lipinski definition) is 3. The zero-order valence-electron chi connectivity index (χ0n) is 15.9. The highest BCUT2D eigenvalue weighted by Gasteiger charge is 2.19. The van der Waals surface area contributed by atoms with Crippen LogP contribution in [0, 0.1) is 10.1 Å². The fourth-order valence-corrected chi connectivity index (χ4v) is 3.35. The van der Waals surface area contributed by atoms with Gasteiger partial charge in [0.2, 0.25) is 0 Å². The van der Waals surface area contributed by atoms with Gasteiger partial charge in [-0.05, 0) is 60.1 Å². The number of nitrogens with zero attached hydrogens (tertiary/aromatic N) is 1. The number of rotatable bonds is 4. The standard InChI is InChI=1S/C22H15N3O5S/c26-14-8-9-15-13(12-14)4-3-6-17(15)23-22(31)24-21(27)20-11-10-19(30-20)16-5-1-2-7-18(16)25(28)29/h1-12,26H,(H2,23,24,27,31). The van der Waals surface area contributed by atoms with Crippen molar-refractivity contribution in [3.05, 3.63) is 88.7 Å². The van der Waals surface area contributed by atoms with Crippen LogP contribution < -0.4 is 10.6 Å². The van der Waals surface area contributed by atoms with Gasteiger partial charge >= 0.3 is 0 Å². The maximum atomic E-state index is 12.5. The van der Waals surface area contributed by atoms with Crippen LogP contribution in [0.3, 0.4) is 0 Å². The smallest absolute Gasteiger partial charge is 0.293 e. The molecule has 0 atom stereocenters. The van der Waals surface area contributed by atoms with Crippen molar-refractivity contribution in [3.63, 3.8) is 0 Å². The molecule has 0 aliphatic carbocycles. The van der Waals surface area contributed by atoms with Crippen molar-refractivity contribution in [2.45, 2.75) is 0 Å². The molecule has 154 valence electrons. The number of nitro benzene ring substituents is 1. The Hall–Kier alpha value is -4.24. The lowest BCUT2D eigenvalue weighted by Crippen LogP contribution is -2.33. The summed E-state index contributed by atoms with van der Waals surface area (Å²) in [7, 11) is 0. The molecule has 0 saturated heterocycles. The topological polar surface area (TPSA) is 118 Å². The van der Waals surface area contributed by atoms with Crippen LogP contribution in [0.2, 0.25) is 0 Å². The van der Waals surface area contributed by atoms with Crippen LogP contribution in [0.1, 0.15) is 10.6 Å². The van der Waals surface area contributed by atoms with Crippen molar-refractivity contribution in [3.8, 4) is 17.1 Å². The summed E-state index contributed by atoms with van der Waals surface area (Å²) < 4.78 is 5.53. The Kier molecular flexibility index (Phi) is 5.33. The maximum Gasteiger partial charge on any atom is 0.293 e. The van der Waals surface area contributed by atoms with Crippen LogP contribution in [0.4, 0.5) is 11.4 Å². The molecule has 4 aromatic rings. The summed E-state index contributed by atoms with van der Waals surface area (Å²) in [6.07, 6.45) is 0. The van der Waals surface area contributed by atoms with Gasteiger partial charge < -0.3 is 14.8 Å². The lowest BCUT2D eigenvalue weighted by molar-refractivity contribution is -0.384. The first kappa shape index (κ1) is 20.0. The highest BCUT2D eigenvalue weighted by atomic mass is 32.1. The predicted molar refractivity (Wildman–Crippen MR) is 120 cm³/mol. The van der Waals surface area contributed by atoms with E-state index in [9.17, 15) is 20.0 Å². The van der Waals surface area contributed by atoms with E-state index in [0.29, 0.717) is 5.69 Å². The molecule has 9 heteroatoms. The third-order valence-electron chi connectivity index (χ3n) is 4.54. The zero-order chi connectivity index (χ0) is 22.0. The monoisotopic (exact) mass is 433 g/mol. The third kappa shape index (κ3) is 4.21. The van der Waals surface area contributed by atoms with Crippen LogP contribution in [0.25, 0.3) is 22.1 Å². The van der Waals surface area contributed by atoms with Gasteiger partial charge in [0.25, 0.3) is 11.6 Å². The van der Waals surface area contributed by atoms with E-state index < -0.39 is 10.8 Å². The lowest BCUT2D eigenvalue weighted by atomic mass is 10.1. The molecule has 3 aromatic carbocycles. The van der Waals surface area contributed by atoms with Crippen molar-refractivity contribution < 1.29 is 19.2 Å². The van der Waals surface area contributed by atoms with Crippen molar-refractivity contribution in [2.24, 2.45) is 0 Å². The molecule has 0 aliphatic rings. The molecule has 1 amide bonds. The first-order chi connectivity index (χ1) is 14.9. The Labute approximate surface area is 181 Å². The number of nitro groups is 1. The molecule has 3 N–H and O–H groups in total. The van der Waals surface area contributed by atoms with E-state index in [1.165, 1.54) is 18.2 Å². The summed E-state index contributed by atoms with van der Waals surface area (Å²) in [5, 5.41) is 28.0. The van der Waals surface area contributed by atoms with Crippen molar-refractivity contribution in [1.29, 1.82) is 0 Å². The second-order valence-electron chi connectivity index (χ2n) is 6.56. The summed E-state index contributed by atoms with van der Waals surface area (Å²) in [6.45, 7) is 0. The number of benzene rings is 3. The summed E-state index contributed by atoms with van der Waals surface area (Å²) >= 11 is 5.23. The molecule has 0 spiro atoms. The quantitative estimate of drug-likeness (QED) is 0.239. The van der Waals surface area contributed by atoms with E-state index >= 15 is 0 Å². The number of aromatic hydroxyl groups is 1. The first-order valence-electron chi connectivity index (χ1n) is 9.10. The number of phenols is 1. The second-order valence-corrected chi connectivity index (χ2v) is 6.97. The van der Waals surface area contributed by atoms with Crippen molar-refractivity contribution >= 4 is 45.4 Å². The van der Waals surface area contributed by atoms with Gasteiger partial charge in [-0.1, -0.05) is 24.3 Å². The van der Waals surface area contributed by atoms with E-state index in [4.69, 9.17) is 16.6 Å². The average molecular weight is 433 g/mol. The number of hydrogen-bond acceptors (Lipinski definition) is 6. The highest BCUT2D eigenvalue weighted by Crippen LogP contribution is 2.31. The van der Waals surface area contributed by atoms with Gasteiger partial charge in [-0.25, -0.2) is 0 Å². The maximum absolute atomic E-state index is 12.5. The van der Waals surface area contributed by atoms with Gasteiger partial charge in [-0.15, -0.1) is 0 Å². The molecular formula is C22H15N3O5S. The molecule has 0 bridgehead atoms. The van der Waals surface area contributed by atoms with Crippen LogP contribution in [-0.2, 0) is 0 Å². The molecule has 0 unspecified atom stereocenters. The highest BCUT2D eigenvalue weighted by molar-refractivity contribution is 7.80. The molecular weight excluding hydrogens is 418 g/mol. The minimum atomic E-state index is -0.597. The van der Waals surface area contributed by atoms with E-state index in [2.05, 4.69) is 10.6 Å². The van der Waals surface area contributed by atoms with E-state index in [-0.39, 0.29) is 33.6 Å². The van der Waals surface area contributed by atoms with Gasteiger partial charge in [-0.3, -0.25) is 20.2 Å². The minimum absolute atomic E-state index is 0.0415. The van der Waals surface area contributed by atoms with Crippen LogP contribution >= 0.6 is 12.2 Å². The first-order valence-corrected chi connectivity index (χ1v) is 9.51. The lowest BCUT2D eigenvalue weighted by Gasteiger charge is -2.11. The summed E-state index contributed by atoms with van der Waals surface area (Å²) in [5.41, 5.74) is 0.803. The molecule has 0 aliphatic heterocycles. The Balaban J connectivity index is 1.50. The van der Waals surface area contributed by atoms with Gasteiger partial charge in [0.05, 0.1) is 10.5 Å². The largest absolute Gasteiger partial charge is 0.508 e. The van der Waals surface area contributed by atoms with Crippen LogP contribution in [-0.4, -0.2) is 21.0 Å². The molecule has 1 aromatic heterocycles. The van der Waals surface area contributed by atoms with Crippen molar-refractivity contribution in [2.75, 3.05) is 5.32 Å². The number of furan rings is 1. The van der Waals surface area contributed by atoms with E-state index in [1.807, 2.05) is 6.07 Å². The number of thiocarbonyl (C=S) groups is 1. The van der Waals surface area contributed by atoms with Crippen LogP contribution in [0.15, 0.2) is 77.2 Å². The molecule has 1 heterocycles. The summed E-state index contributed by atoms with van der Waals surface area (Å²) in [6, 6.07) is 19.4. The number of amides is 1. The minimum Gasteiger partial charge on any atom is -0.508 e. The number of carbonyl (C=O) groups is 1. The zero-order valence-corrected chi connectivity index (χ0v) is 16.7. The molecule has 8 nitrogen and oxygen atoms in total. The summed E-state index contributed by atoms with van der Waals surface area (Å²) in [4.78, 5) is 23.2. The molecule has 0 radical (unpaired) electrons. The Bertz CT molecular complexity index is 1330. The van der Waals surface area contributed by atoms with Gasteiger partial charge in [0, 0.05) is 17.1 Å². The predicted octanol–water partition coefficient (Wildman–Crippen LogP) is 4.84. The Morgan fingerprint density at radius 2 is 1.84 bits per heavy atom. The number of phenolic OH excluding ortho intramolecular Hbond substituents is 1. The van der Waals surface area contributed by atoms with Gasteiger partial charge in [0.15, 0.2) is 10.9 Å². The molecule has 0 saturated carbocycles. The van der Waals surface area contributed by atoms with E-state index in [0.717, 1.165) is 10.8 Å². The Morgan fingerprint density at radius 1 is 1.03 bits per heavy atom. The summed E-state index contributed by atoms with van der Waals surface area (Å²) in [5.74, 6) is -0.293. The fourth-order valence-electron chi connectivity index (χ4n) is 3.14. The second kappa shape index (κ2) is 8.25. The fraction of sp³-hybridized carbons (Fsp3) is 0. The number of fused-ring (bicyclic) bond motifs is 1. The number of carbonyl (C=O) groups excluding carboxylic acids is 1. The molecule has 31 heavy (non-hydrogen) atoms. The van der Waals surface area contributed by atoms with Gasteiger partial charge in [-0.2, -0.15) is 0 Å². The molecule has 4 rings (SSSR count). The Morgan fingerprint density at radius 3 is 2.65 bits per heavy atom. The third-order valence-corrected chi connectivity index (χ3v) is 4.74. The number of nitrogens with one attached hydrogen (secondary N) is 2. The van der Waals surface area contributed by atoms with Crippen molar-refractivity contribution in [1.82, 2.24) is 5.32 Å². The number of anilines is 1.